The van der Waals surface area contributed by atoms with Gasteiger partial charge in [-0.05, 0) is 83.5 Å². The first-order valence-corrected chi connectivity index (χ1v) is 14.2. The average molecular weight is 572 g/mol. The van der Waals surface area contributed by atoms with Crippen LogP contribution in [0.5, 0.6) is 0 Å². The molecule has 4 aromatic rings. The van der Waals surface area contributed by atoms with Crippen LogP contribution in [0.4, 0.5) is 0 Å². The van der Waals surface area contributed by atoms with Crippen molar-refractivity contribution in [2.75, 3.05) is 19.1 Å². The molecular formula is C31H31ClLiNO5S. The second kappa shape index (κ2) is 14.6. The number of methoxy groups -OCH3 is 1. The Labute approximate surface area is 255 Å². The van der Waals surface area contributed by atoms with E-state index in [0.29, 0.717) is 34.1 Å². The van der Waals surface area contributed by atoms with E-state index in [0.717, 1.165) is 27.8 Å². The van der Waals surface area contributed by atoms with Gasteiger partial charge in [-0.1, -0.05) is 54.1 Å². The molecule has 0 aliphatic rings. The van der Waals surface area contributed by atoms with Gasteiger partial charge in [0.2, 0.25) is 0 Å². The van der Waals surface area contributed by atoms with E-state index in [1.165, 1.54) is 11.8 Å². The number of hydrogen-bond donors (Lipinski definition) is 2. The molecule has 2 unspecified atom stereocenters. The summed E-state index contributed by atoms with van der Waals surface area (Å²) in [7, 11) is 1.61. The number of carboxylic acids is 1. The van der Waals surface area contributed by atoms with Crippen LogP contribution in [-0.4, -0.2) is 61.0 Å². The molecular weight excluding hydrogens is 541 g/mol. The summed E-state index contributed by atoms with van der Waals surface area (Å²) in [6.07, 6.45) is 3.30. The Morgan fingerprint density at radius 1 is 1.02 bits per heavy atom. The minimum atomic E-state index is -1.06. The summed E-state index contributed by atoms with van der Waals surface area (Å²) in [5.41, 5.74) is 5.51. The van der Waals surface area contributed by atoms with Crippen LogP contribution < -0.4 is 5.32 Å². The molecule has 1 heterocycles. The quantitative estimate of drug-likeness (QED) is 0.197. The standard InChI is InChI=1S/C31H30ClNO5S.Li.H/c1-19-6-4-5-7-23(19)26-18-21(10-13-25(26)30(34)33-27(31(35)36)15-17-39-3)28(37-2)29-24(14-16-38-29)20-8-11-22(32)12-9-20;;/h4-14,16,18,27-28H,15,17H2,1-3H3,(H,33,34)(H,35,36);;. The number of hydrogen-bond acceptors (Lipinski definition) is 5. The number of benzene rings is 3. The van der Waals surface area contributed by atoms with E-state index in [4.69, 9.17) is 20.8 Å². The number of aryl methyl sites for hydroxylation is 1. The molecule has 6 nitrogen and oxygen atoms in total. The van der Waals surface area contributed by atoms with E-state index in [1.54, 1.807) is 19.4 Å². The van der Waals surface area contributed by atoms with Crippen LogP contribution >= 0.6 is 23.4 Å². The molecule has 0 saturated carbocycles. The molecule has 1 amide bonds. The number of carbonyl (C=O) groups is 2. The number of thioether (sulfide) groups is 1. The first-order chi connectivity index (χ1) is 18.8. The Balaban J connectivity index is 0.00000441. The van der Waals surface area contributed by atoms with Crippen molar-refractivity contribution >= 4 is 54.1 Å². The fourth-order valence-electron chi connectivity index (χ4n) is 4.54. The molecule has 0 aliphatic carbocycles. The van der Waals surface area contributed by atoms with Crippen LogP contribution in [-0.2, 0) is 9.53 Å². The number of carbonyl (C=O) groups excluding carboxylic acids is 1. The molecule has 2 atom stereocenters. The van der Waals surface area contributed by atoms with Gasteiger partial charge in [0.05, 0.1) is 6.26 Å². The summed E-state index contributed by atoms with van der Waals surface area (Å²) in [4.78, 5) is 25.2. The fraction of sp³-hybridized carbons (Fsp3) is 0.226. The van der Waals surface area contributed by atoms with Crippen LogP contribution in [0.25, 0.3) is 22.3 Å². The maximum atomic E-state index is 13.4. The van der Waals surface area contributed by atoms with Gasteiger partial charge in [0.1, 0.15) is 17.9 Å². The van der Waals surface area contributed by atoms with E-state index in [2.05, 4.69) is 5.32 Å². The van der Waals surface area contributed by atoms with E-state index in [-0.39, 0.29) is 18.9 Å². The molecule has 0 bridgehead atoms. The number of aliphatic carboxylic acids is 1. The van der Waals surface area contributed by atoms with E-state index >= 15 is 0 Å². The molecule has 204 valence electrons. The zero-order valence-corrected chi connectivity index (χ0v) is 23.5. The third kappa shape index (κ3) is 7.23. The SMILES string of the molecule is COC(c1ccc(C(=O)NC(CCSC)C(=O)O)c(-c2ccccc2C)c1)c1occc1-c1ccc(Cl)cc1.[LiH]. The van der Waals surface area contributed by atoms with Crippen LogP contribution in [0.2, 0.25) is 5.02 Å². The predicted molar refractivity (Wildman–Crippen MR) is 164 cm³/mol. The van der Waals surface area contributed by atoms with Crippen molar-refractivity contribution in [3.63, 3.8) is 0 Å². The van der Waals surface area contributed by atoms with Crippen molar-refractivity contribution in [2.24, 2.45) is 0 Å². The topological polar surface area (TPSA) is 88.8 Å². The second-order valence-electron chi connectivity index (χ2n) is 9.09. The van der Waals surface area contributed by atoms with Crippen molar-refractivity contribution < 1.29 is 23.8 Å². The monoisotopic (exact) mass is 571 g/mol. The molecule has 9 heteroatoms. The molecule has 0 saturated heterocycles. The summed E-state index contributed by atoms with van der Waals surface area (Å²) < 4.78 is 11.8. The molecule has 3 aromatic carbocycles. The Hall–Kier alpha value is -2.92. The number of furan rings is 1. The van der Waals surface area contributed by atoms with Crippen LogP contribution in [0.1, 0.15) is 39.8 Å². The molecule has 0 radical (unpaired) electrons. The van der Waals surface area contributed by atoms with Gasteiger partial charge < -0.3 is 19.6 Å². The molecule has 40 heavy (non-hydrogen) atoms. The van der Waals surface area contributed by atoms with Gasteiger partial charge in [-0.15, -0.1) is 0 Å². The number of halogens is 1. The van der Waals surface area contributed by atoms with Gasteiger partial charge in [0, 0.05) is 23.3 Å². The van der Waals surface area contributed by atoms with Crippen LogP contribution in [0, 0.1) is 6.92 Å². The number of rotatable bonds is 11. The maximum absolute atomic E-state index is 13.4. The van der Waals surface area contributed by atoms with Crippen LogP contribution in [0.3, 0.4) is 0 Å². The van der Waals surface area contributed by atoms with Crippen molar-refractivity contribution in [2.45, 2.75) is 25.5 Å². The molecule has 1 aromatic heterocycles. The fourth-order valence-corrected chi connectivity index (χ4v) is 5.13. The predicted octanol–water partition coefficient (Wildman–Crippen LogP) is 6.60. The first-order valence-electron chi connectivity index (χ1n) is 12.4. The third-order valence-corrected chi connectivity index (χ3v) is 7.46. The van der Waals surface area contributed by atoms with Gasteiger partial charge in [-0.3, -0.25) is 4.79 Å². The molecule has 0 spiro atoms. The van der Waals surface area contributed by atoms with E-state index in [1.807, 2.05) is 79.9 Å². The summed E-state index contributed by atoms with van der Waals surface area (Å²) >= 11 is 7.62. The Morgan fingerprint density at radius 3 is 2.40 bits per heavy atom. The number of ether oxygens (including phenoxy) is 1. The van der Waals surface area contributed by atoms with Crippen molar-refractivity contribution in [1.82, 2.24) is 5.32 Å². The summed E-state index contributed by atoms with van der Waals surface area (Å²) in [6.45, 7) is 1.97. The van der Waals surface area contributed by atoms with Crippen molar-refractivity contribution in [3.05, 3.63) is 107 Å². The molecule has 4 rings (SSSR count). The van der Waals surface area contributed by atoms with E-state index < -0.39 is 24.0 Å². The number of carboxylic acid groups (broad SMARTS) is 1. The third-order valence-electron chi connectivity index (χ3n) is 6.56. The minimum absolute atomic E-state index is 0. The normalized spacial score (nSPS) is 12.3. The Morgan fingerprint density at radius 2 is 1.75 bits per heavy atom. The Kier molecular flexibility index (Phi) is 11.6. The van der Waals surface area contributed by atoms with Crippen LogP contribution in [0.15, 0.2) is 83.5 Å². The van der Waals surface area contributed by atoms with Gasteiger partial charge >= 0.3 is 24.8 Å². The van der Waals surface area contributed by atoms with Gasteiger partial charge in [-0.25, -0.2) is 4.79 Å². The second-order valence-corrected chi connectivity index (χ2v) is 10.5. The zero-order chi connectivity index (χ0) is 27.9. The van der Waals surface area contributed by atoms with Gasteiger partial charge in [-0.2, -0.15) is 11.8 Å². The first kappa shape index (κ1) is 31.6. The Bertz CT molecular complexity index is 1460. The number of amides is 1. The summed E-state index contributed by atoms with van der Waals surface area (Å²) in [6, 6.07) is 21.6. The van der Waals surface area contributed by atoms with Crippen molar-refractivity contribution in [1.29, 1.82) is 0 Å². The van der Waals surface area contributed by atoms with Crippen molar-refractivity contribution in [3.8, 4) is 22.3 Å². The summed E-state index contributed by atoms with van der Waals surface area (Å²) in [5.74, 6) is -0.258. The number of nitrogens with one attached hydrogen (secondary N) is 1. The molecule has 0 aliphatic heterocycles. The average Bonchev–Trinajstić information content (AvgIpc) is 3.41. The van der Waals surface area contributed by atoms with Gasteiger partial charge in [0.15, 0.2) is 0 Å². The summed E-state index contributed by atoms with van der Waals surface area (Å²) in [5, 5.41) is 13.0. The van der Waals surface area contributed by atoms with Gasteiger partial charge in [0.25, 0.3) is 5.91 Å². The molecule has 2 N–H and O–H groups in total. The molecule has 0 fully saturated rings. The van der Waals surface area contributed by atoms with E-state index in [9.17, 15) is 14.7 Å². The zero-order valence-electron chi connectivity index (χ0n) is 21.9.